The van der Waals surface area contributed by atoms with Crippen molar-refractivity contribution < 1.29 is 19.8 Å². The Bertz CT molecular complexity index is 129. The Kier molecular flexibility index (Phi) is 9.98. The zero-order chi connectivity index (χ0) is 9.28. The van der Waals surface area contributed by atoms with Crippen LogP contribution in [-0.4, -0.2) is 35.1 Å². The number of carboxylic acids is 1. The molecule has 0 unspecified atom stereocenters. The van der Waals surface area contributed by atoms with E-state index in [2.05, 4.69) is 6.58 Å². The van der Waals surface area contributed by atoms with Gasteiger partial charge in [0.1, 0.15) is 12.3 Å². The van der Waals surface area contributed by atoms with Gasteiger partial charge in [0.05, 0.1) is 6.61 Å². The van der Waals surface area contributed by atoms with Gasteiger partial charge in [0.15, 0.2) is 0 Å². The Morgan fingerprint density at radius 3 is 2.09 bits per heavy atom. The van der Waals surface area contributed by atoms with Gasteiger partial charge in [-0.05, 0) is 6.08 Å². The Hall–Kier alpha value is -1.20. The third kappa shape index (κ3) is 12.1. The van der Waals surface area contributed by atoms with Gasteiger partial charge in [-0.1, -0.05) is 6.58 Å². The minimum Gasteiger partial charge on any atom is -0.480 e. The normalized spacial score (nSPS) is 10.4. The van der Waals surface area contributed by atoms with Gasteiger partial charge < -0.3 is 15.9 Å². The van der Waals surface area contributed by atoms with Crippen LogP contribution in [0.3, 0.4) is 0 Å². The summed E-state index contributed by atoms with van der Waals surface area (Å²) in [6.07, 6.45) is 1.83. The molecule has 0 aromatic rings. The van der Waals surface area contributed by atoms with Crippen molar-refractivity contribution in [2.45, 2.75) is 6.04 Å². The van der Waals surface area contributed by atoms with Gasteiger partial charge in [0.25, 0.3) is 0 Å². The fourth-order valence-electron chi connectivity index (χ4n) is 0.0781. The Morgan fingerprint density at radius 1 is 1.73 bits per heavy atom. The second kappa shape index (κ2) is 8.80. The summed E-state index contributed by atoms with van der Waals surface area (Å²) in [5, 5.41) is 15.9. The van der Waals surface area contributed by atoms with Crippen molar-refractivity contribution in [2.24, 2.45) is 5.73 Å². The summed E-state index contributed by atoms with van der Waals surface area (Å²) in [6.45, 7) is 2.61. The maximum atomic E-state index is 9.65. The summed E-state index contributed by atoms with van der Waals surface area (Å²) < 4.78 is 0. The summed E-state index contributed by atoms with van der Waals surface area (Å²) in [5.41, 5.74) is 4.77. The van der Waals surface area contributed by atoms with Crippen LogP contribution in [0, 0.1) is 0 Å². The molecule has 0 amide bonds. The van der Waals surface area contributed by atoms with Crippen LogP contribution in [0.25, 0.3) is 0 Å². The van der Waals surface area contributed by atoms with Crippen molar-refractivity contribution in [1.82, 2.24) is 0 Å². The lowest BCUT2D eigenvalue weighted by atomic mass is 10.3. The number of hydrogen-bond donors (Lipinski definition) is 3. The highest BCUT2D eigenvalue weighted by Gasteiger charge is 2.06. The number of carbonyl (C=O) groups is 2. The molecule has 0 spiro atoms. The second-order valence-corrected chi connectivity index (χ2v) is 1.50. The lowest BCUT2D eigenvalue weighted by molar-refractivity contribution is -0.139. The van der Waals surface area contributed by atoms with Crippen molar-refractivity contribution in [3.05, 3.63) is 12.7 Å². The fraction of sp³-hybridized carbons (Fsp3) is 0.333. The molecule has 0 rings (SSSR count). The molecule has 0 saturated carbocycles. The third-order valence-corrected chi connectivity index (χ3v) is 0.610. The molecule has 11 heavy (non-hydrogen) atoms. The zero-order valence-electron chi connectivity index (χ0n) is 5.93. The molecular weight excluding hydrogens is 150 g/mol. The van der Waals surface area contributed by atoms with Crippen LogP contribution in [0.5, 0.6) is 0 Å². The molecule has 0 aliphatic heterocycles. The maximum absolute atomic E-state index is 9.65. The first-order valence-electron chi connectivity index (χ1n) is 2.75. The number of hydrogen-bond acceptors (Lipinski definition) is 4. The number of aldehydes is 1. The van der Waals surface area contributed by atoms with Crippen LogP contribution in [0.15, 0.2) is 12.7 Å². The van der Waals surface area contributed by atoms with Crippen LogP contribution < -0.4 is 5.73 Å². The monoisotopic (exact) mass is 161 g/mol. The molecule has 64 valence electrons. The molecule has 0 bridgehead atoms. The minimum atomic E-state index is -1.18. The van der Waals surface area contributed by atoms with E-state index in [1.165, 1.54) is 6.08 Å². The highest BCUT2D eigenvalue weighted by Crippen LogP contribution is 1.71. The molecule has 0 aliphatic rings. The molecule has 0 saturated heterocycles. The summed E-state index contributed by atoms with van der Waals surface area (Å²) in [6, 6.07) is -1.13. The number of nitrogens with two attached hydrogens (primary N) is 1. The lowest BCUT2D eigenvalue weighted by Gasteiger charge is -1.96. The molecular formula is C6H11NO4. The van der Waals surface area contributed by atoms with Crippen molar-refractivity contribution in [3.63, 3.8) is 0 Å². The van der Waals surface area contributed by atoms with Crippen molar-refractivity contribution in [2.75, 3.05) is 6.61 Å². The van der Waals surface area contributed by atoms with Crippen LogP contribution in [0.4, 0.5) is 0 Å². The average molecular weight is 161 g/mol. The topological polar surface area (TPSA) is 101 Å². The Morgan fingerprint density at radius 2 is 2.09 bits per heavy atom. The van der Waals surface area contributed by atoms with E-state index in [0.717, 1.165) is 0 Å². The molecule has 5 heteroatoms. The summed E-state index contributed by atoms with van der Waals surface area (Å²) in [5.74, 6) is -1.18. The van der Waals surface area contributed by atoms with Gasteiger partial charge in [-0.15, -0.1) is 0 Å². The Labute approximate surface area is 64.1 Å². The van der Waals surface area contributed by atoms with E-state index in [-0.39, 0.29) is 0 Å². The lowest BCUT2D eigenvalue weighted by Crippen LogP contribution is -2.33. The maximum Gasteiger partial charge on any atom is 0.322 e. The van der Waals surface area contributed by atoms with Crippen molar-refractivity contribution in [3.8, 4) is 0 Å². The van der Waals surface area contributed by atoms with Gasteiger partial charge in [0, 0.05) is 0 Å². The number of allylic oxidation sites excluding steroid dienone is 1. The first-order chi connectivity index (χ1) is 5.09. The number of carboxylic acid groups (broad SMARTS) is 1. The number of carbonyl (C=O) groups excluding carboxylic acids is 1. The van der Waals surface area contributed by atoms with E-state index in [1.54, 1.807) is 0 Å². The fourth-order valence-corrected chi connectivity index (χ4v) is 0.0781. The molecule has 0 aromatic heterocycles. The highest BCUT2D eigenvalue weighted by molar-refractivity contribution is 5.73. The number of aliphatic hydroxyl groups excluding tert-OH is 1. The number of aliphatic hydroxyl groups is 1. The van der Waals surface area contributed by atoms with Gasteiger partial charge in [-0.3, -0.25) is 9.59 Å². The smallest absolute Gasteiger partial charge is 0.322 e. The van der Waals surface area contributed by atoms with Gasteiger partial charge >= 0.3 is 5.97 Å². The van der Waals surface area contributed by atoms with Crippen molar-refractivity contribution in [1.29, 1.82) is 0 Å². The first-order valence-corrected chi connectivity index (χ1v) is 2.75. The highest BCUT2D eigenvalue weighted by atomic mass is 16.4. The molecule has 5 nitrogen and oxygen atoms in total. The molecule has 0 fully saturated rings. The minimum absolute atomic E-state index is 0.505. The predicted octanol–water partition coefficient (Wildman–Crippen LogP) is -1.24. The summed E-state index contributed by atoms with van der Waals surface area (Å²) in [4.78, 5) is 18.7. The Balaban J connectivity index is 0. The standard InChI is InChI=1S/C3H7NO3.C3H4O/c4-2(1-5)3(6)7;1-2-3-4/h2,5H,1,4H2,(H,6,7);2-3H,1H2/t2-;/m0./s1. The average Bonchev–Trinajstić information content (AvgIpc) is 2.03. The van der Waals surface area contributed by atoms with E-state index in [0.29, 0.717) is 6.29 Å². The summed E-state index contributed by atoms with van der Waals surface area (Å²) >= 11 is 0. The van der Waals surface area contributed by atoms with E-state index in [4.69, 9.17) is 20.7 Å². The second-order valence-electron chi connectivity index (χ2n) is 1.50. The van der Waals surface area contributed by atoms with E-state index in [9.17, 15) is 4.79 Å². The quantitative estimate of drug-likeness (QED) is 0.355. The third-order valence-electron chi connectivity index (χ3n) is 0.610. The van der Waals surface area contributed by atoms with Gasteiger partial charge in [-0.25, -0.2) is 0 Å². The predicted molar refractivity (Wildman–Crippen MR) is 39.0 cm³/mol. The van der Waals surface area contributed by atoms with Crippen LogP contribution in [0.1, 0.15) is 0 Å². The SMILES string of the molecule is C=CC=O.N[C@@H](CO)C(=O)O. The van der Waals surface area contributed by atoms with E-state index < -0.39 is 18.6 Å². The van der Waals surface area contributed by atoms with Crippen molar-refractivity contribution >= 4 is 12.3 Å². The number of rotatable bonds is 3. The largest absolute Gasteiger partial charge is 0.480 e. The molecule has 0 aromatic carbocycles. The molecule has 0 aliphatic carbocycles. The zero-order valence-corrected chi connectivity index (χ0v) is 5.93. The van der Waals surface area contributed by atoms with E-state index >= 15 is 0 Å². The number of aliphatic carboxylic acids is 1. The van der Waals surface area contributed by atoms with Crippen LogP contribution in [-0.2, 0) is 9.59 Å². The first kappa shape index (κ1) is 12.5. The molecule has 0 radical (unpaired) electrons. The van der Waals surface area contributed by atoms with Gasteiger partial charge in [0.2, 0.25) is 0 Å². The van der Waals surface area contributed by atoms with Crippen LogP contribution >= 0.6 is 0 Å². The summed E-state index contributed by atoms with van der Waals surface area (Å²) in [7, 11) is 0. The van der Waals surface area contributed by atoms with Gasteiger partial charge in [-0.2, -0.15) is 0 Å². The van der Waals surface area contributed by atoms with Crippen LogP contribution in [0.2, 0.25) is 0 Å². The van der Waals surface area contributed by atoms with E-state index in [1.807, 2.05) is 0 Å². The molecule has 0 heterocycles. The molecule has 1 atom stereocenters. The molecule has 4 N–H and O–H groups in total.